The van der Waals surface area contributed by atoms with Gasteiger partial charge in [0.2, 0.25) is 5.78 Å². The van der Waals surface area contributed by atoms with Gasteiger partial charge in [-0.2, -0.15) is 0 Å². The first-order valence-electron chi connectivity index (χ1n) is 4.75. The molecule has 1 spiro atoms. The predicted octanol–water partition coefficient (Wildman–Crippen LogP) is 2.05. The quantitative estimate of drug-likeness (QED) is 0.580. The summed E-state index contributed by atoms with van der Waals surface area (Å²) in [4.78, 5) is 12.0. The number of fused-ring (bicyclic) bond motifs is 1. The van der Waals surface area contributed by atoms with Gasteiger partial charge in [-0.15, -0.1) is 0 Å². The fourth-order valence-electron chi connectivity index (χ4n) is 2.02. The summed E-state index contributed by atoms with van der Waals surface area (Å²) in [7, 11) is 0. The van der Waals surface area contributed by atoms with Crippen LogP contribution >= 0.6 is 0 Å². The van der Waals surface area contributed by atoms with Crippen LogP contribution in [0.15, 0.2) is 30.3 Å². The van der Waals surface area contributed by atoms with Crippen molar-refractivity contribution in [1.29, 1.82) is 0 Å². The predicted molar refractivity (Wildman–Crippen MR) is 53.1 cm³/mol. The zero-order chi connectivity index (χ0) is 9.76. The minimum atomic E-state index is -0.631. The Balaban J connectivity index is 2.16. The van der Waals surface area contributed by atoms with E-state index in [4.69, 9.17) is 4.74 Å². The smallest absolute Gasteiger partial charge is 0.201 e. The first kappa shape index (κ1) is 7.94. The molecule has 0 amide bonds. The van der Waals surface area contributed by atoms with Crippen LogP contribution in [0.2, 0.25) is 0 Å². The highest BCUT2D eigenvalue weighted by atomic mass is 16.6. The van der Waals surface area contributed by atoms with Crippen molar-refractivity contribution < 1.29 is 9.53 Å². The molecule has 1 saturated heterocycles. The summed E-state index contributed by atoms with van der Waals surface area (Å²) < 4.78 is 5.38. The van der Waals surface area contributed by atoms with Crippen LogP contribution in [-0.2, 0) is 4.74 Å². The SMILES string of the molecule is C[C@H]1O[C@]12C=Cc1ccccc1C2=O. The molecular weight excluding hydrogens is 176 g/mol. The molecule has 0 radical (unpaired) electrons. The fourth-order valence-corrected chi connectivity index (χ4v) is 2.02. The summed E-state index contributed by atoms with van der Waals surface area (Å²) in [6.07, 6.45) is 3.88. The average molecular weight is 186 g/mol. The molecule has 2 heteroatoms. The van der Waals surface area contributed by atoms with Gasteiger partial charge >= 0.3 is 0 Å². The Morgan fingerprint density at radius 2 is 2.07 bits per heavy atom. The zero-order valence-corrected chi connectivity index (χ0v) is 7.86. The molecule has 0 bridgehead atoms. The van der Waals surface area contributed by atoms with Gasteiger partial charge in [-0.1, -0.05) is 30.3 Å². The average Bonchev–Trinajstić information content (AvgIpc) is 2.86. The first-order valence-corrected chi connectivity index (χ1v) is 4.75. The van der Waals surface area contributed by atoms with E-state index in [1.54, 1.807) is 0 Å². The van der Waals surface area contributed by atoms with E-state index >= 15 is 0 Å². The molecule has 2 atom stereocenters. The van der Waals surface area contributed by atoms with E-state index in [9.17, 15) is 4.79 Å². The number of hydrogen-bond acceptors (Lipinski definition) is 2. The monoisotopic (exact) mass is 186 g/mol. The van der Waals surface area contributed by atoms with Crippen molar-refractivity contribution in [3.63, 3.8) is 0 Å². The summed E-state index contributed by atoms with van der Waals surface area (Å²) in [5.74, 6) is 0.100. The maximum absolute atomic E-state index is 12.0. The number of carbonyl (C=O) groups is 1. The molecule has 1 aromatic carbocycles. The van der Waals surface area contributed by atoms with Crippen molar-refractivity contribution in [1.82, 2.24) is 0 Å². The molecule has 1 aliphatic heterocycles. The lowest BCUT2D eigenvalue weighted by molar-refractivity contribution is 0.0907. The van der Waals surface area contributed by atoms with Crippen molar-refractivity contribution in [3.05, 3.63) is 41.5 Å². The molecule has 1 fully saturated rings. The molecule has 3 rings (SSSR count). The second-order valence-electron chi connectivity index (χ2n) is 3.80. The number of benzene rings is 1. The lowest BCUT2D eigenvalue weighted by atomic mass is 9.86. The Morgan fingerprint density at radius 1 is 1.36 bits per heavy atom. The highest BCUT2D eigenvalue weighted by Gasteiger charge is 2.59. The van der Waals surface area contributed by atoms with E-state index in [2.05, 4.69) is 0 Å². The molecule has 14 heavy (non-hydrogen) atoms. The highest BCUT2D eigenvalue weighted by molar-refractivity contribution is 6.11. The molecular formula is C12H10O2. The Labute approximate surface area is 82.2 Å². The molecule has 2 nitrogen and oxygen atoms in total. The lowest BCUT2D eigenvalue weighted by Gasteiger charge is -2.14. The number of carbonyl (C=O) groups excluding carboxylic acids is 1. The molecule has 1 aliphatic carbocycles. The lowest BCUT2D eigenvalue weighted by Crippen LogP contribution is -2.27. The summed E-state index contributed by atoms with van der Waals surface area (Å²) in [6, 6.07) is 7.63. The number of ketones is 1. The van der Waals surface area contributed by atoms with Gasteiger partial charge in [0.1, 0.15) is 0 Å². The van der Waals surface area contributed by atoms with Crippen LogP contribution in [0.25, 0.3) is 6.08 Å². The largest absolute Gasteiger partial charge is 0.353 e. The Hall–Kier alpha value is -1.41. The van der Waals surface area contributed by atoms with E-state index < -0.39 is 5.60 Å². The first-order chi connectivity index (χ1) is 6.74. The highest BCUT2D eigenvalue weighted by Crippen LogP contribution is 2.44. The van der Waals surface area contributed by atoms with Crippen molar-refractivity contribution in [2.45, 2.75) is 18.6 Å². The Kier molecular flexibility index (Phi) is 1.33. The van der Waals surface area contributed by atoms with Crippen molar-refractivity contribution >= 4 is 11.9 Å². The van der Waals surface area contributed by atoms with E-state index in [0.29, 0.717) is 0 Å². The van der Waals surface area contributed by atoms with Gasteiger partial charge in [-0.25, -0.2) is 0 Å². The van der Waals surface area contributed by atoms with E-state index in [0.717, 1.165) is 11.1 Å². The molecule has 0 aromatic heterocycles. The van der Waals surface area contributed by atoms with Gasteiger partial charge in [-0.3, -0.25) is 4.79 Å². The van der Waals surface area contributed by atoms with Crippen LogP contribution in [0.1, 0.15) is 22.8 Å². The van der Waals surface area contributed by atoms with Gasteiger partial charge in [0, 0.05) is 5.56 Å². The third-order valence-corrected chi connectivity index (χ3v) is 2.99. The topological polar surface area (TPSA) is 29.6 Å². The maximum atomic E-state index is 12.0. The van der Waals surface area contributed by atoms with Gasteiger partial charge in [-0.05, 0) is 18.6 Å². The van der Waals surface area contributed by atoms with Crippen LogP contribution in [0, 0.1) is 0 Å². The zero-order valence-electron chi connectivity index (χ0n) is 7.86. The van der Waals surface area contributed by atoms with E-state index in [1.807, 2.05) is 43.3 Å². The summed E-state index contributed by atoms with van der Waals surface area (Å²) in [5, 5.41) is 0. The number of ether oxygens (including phenoxy) is 1. The minimum absolute atomic E-state index is 0.0274. The van der Waals surface area contributed by atoms with E-state index in [1.165, 1.54) is 0 Å². The Bertz CT molecular complexity index is 447. The number of epoxide rings is 1. The summed E-state index contributed by atoms with van der Waals surface area (Å²) in [6.45, 7) is 1.93. The molecule has 70 valence electrons. The fraction of sp³-hybridized carbons (Fsp3) is 0.250. The second kappa shape index (κ2) is 2.34. The van der Waals surface area contributed by atoms with Crippen LogP contribution in [0.3, 0.4) is 0 Å². The van der Waals surface area contributed by atoms with Crippen LogP contribution in [0.5, 0.6) is 0 Å². The maximum Gasteiger partial charge on any atom is 0.201 e. The Morgan fingerprint density at radius 3 is 2.79 bits per heavy atom. The third-order valence-electron chi connectivity index (χ3n) is 2.99. The molecule has 2 aliphatic rings. The summed E-state index contributed by atoms with van der Waals surface area (Å²) >= 11 is 0. The van der Waals surface area contributed by atoms with Crippen molar-refractivity contribution in [2.24, 2.45) is 0 Å². The number of hydrogen-bond donors (Lipinski definition) is 0. The second-order valence-corrected chi connectivity index (χ2v) is 3.80. The van der Waals surface area contributed by atoms with Crippen molar-refractivity contribution in [3.8, 4) is 0 Å². The van der Waals surface area contributed by atoms with Gasteiger partial charge < -0.3 is 4.74 Å². The van der Waals surface area contributed by atoms with Crippen LogP contribution in [-0.4, -0.2) is 17.5 Å². The van der Waals surface area contributed by atoms with Gasteiger partial charge in [0.15, 0.2) is 5.60 Å². The minimum Gasteiger partial charge on any atom is -0.353 e. The van der Waals surface area contributed by atoms with Crippen LogP contribution in [0.4, 0.5) is 0 Å². The molecule has 1 heterocycles. The van der Waals surface area contributed by atoms with E-state index in [-0.39, 0.29) is 11.9 Å². The molecule has 0 N–H and O–H groups in total. The van der Waals surface area contributed by atoms with Gasteiger partial charge in [0.25, 0.3) is 0 Å². The standard InChI is InChI=1S/C12H10O2/c1-8-12(14-8)7-6-9-4-2-3-5-10(9)11(12)13/h2-8H,1H3/t8-,12-/m1/s1. The van der Waals surface area contributed by atoms with Gasteiger partial charge in [0.05, 0.1) is 6.10 Å². The van der Waals surface area contributed by atoms with Crippen molar-refractivity contribution in [2.75, 3.05) is 0 Å². The summed E-state index contributed by atoms with van der Waals surface area (Å²) in [5.41, 5.74) is 1.14. The normalized spacial score (nSPS) is 33.2. The molecule has 1 aromatic rings. The number of rotatable bonds is 0. The van der Waals surface area contributed by atoms with Crippen LogP contribution < -0.4 is 0 Å². The molecule has 0 saturated carbocycles. The number of Topliss-reactive ketones (excluding diaryl/α,β-unsaturated/α-hetero) is 1. The molecule has 0 unspecified atom stereocenters. The third kappa shape index (κ3) is 0.814.